The molecule has 0 saturated carbocycles. The lowest BCUT2D eigenvalue weighted by Crippen LogP contribution is -2.64. The highest BCUT2D eigenvalue weighted by atomic mass is 16.7. The Balaban J connectivity index is 1.64. The number of hydrogen-bond donors (Lipinski definition) is 11. The molecule has 0 amide bonds. The maximum absolute atomic E-state index is 10.2. The molecule has 3 fully saturated rings. The van der Waals surface area contributed by atoms with Gasteiger partial charge in [-0.15, -0.1) is 0 Å². The minimum atomic E-state index is -1.88. The Morgan fingerprint density at radius 1 is 0.500 bits per heavy atom. The fourth-order valence-electron chi connectivity index (χ4n) is 3.94. The van der Waals surface area contributed by atoms with Crippen LogP contribution in [-0.2, 0) is 23.7 Å². The summed E-state index contributed by atoms with van der Waals surface area (Å²) in [5, 5.41) is 109. The third-order valence-electron chi connectivity index (χ3n) is 6.08. The molecule has 3 aliphatic heterocycles. The molecule has 3 saturated heterocycles. The second kappa shape index (κ2) is 11.6. The van der Waals surface area contributed by atoms with Crippen LogP contribution in [0, 0.1) is 0 Å². The predicted octanol–water partition coefficient (Wildman–Crippen LogP) is -7.57. The highest BCUT2D eigenvalue weighted by Crippen LogP contribution is 2.29. The Morgan fingerprint density at radius 3 is 1.56 bits per heavy atom. The van der Waals surface area contributed by atoms with Gasteiger partial charge in [-0.2, -0.15) is 0 Å². The number of aliphatic hydroxyl groups excluding tert-OH is 11. The summed E-state index contributed by atoms with van der Waals surface area (Å²) >= 11 is 0. The van der Waals surface area contributed by atoms with Crippen molar-refractivity contribution in [3.8, 4) is 0 Å². The van der Waals surface area contributed by atoms with Crippen LogP contribution in [0.25, 0.3) is 0 Å². The topological polar surface area (TPSA) is 269 Å². The van der Waals surface area contributed by atoms with Crippen molar-refractivity contribution in [1.29, 1.82) is 0 Å². The van der Waals surface area contributed by atoms with Crippen LogP contribution in [0.3, 0.4) is 0 Å². The summed E-state index contributed by atoms with van der Waals surface area (Å²) < 4.78 is 26.1. The van der Waals surface area contributed by atoms with Gasteiger partial charge in [0.05, 0.1) is 19.8 Å². The van der Waals surface area contributed by atoms with Crippen LogP contribution in [0.5, 0.6) is 0 Å². The molecule has 15 atom stereocenters. The van der Waals surface area contributed by atoms with Crippen molar-refractivity contribution in [1.82, 2.24) is 0 Å². The third-order valence-corrected chi connectivity index (χ3v) is 6.08. The zero-order valence-corrected chi connectivity index (χ0v) is 17.7. The van der Waals surface area contributed by atoms with Crippen LogP contribution in [-0.4, -0.2) is 168 Å². The molecule has 3 heterocycles. The molecule has 0 aromatic heterocycles. The Bertz CT molecular complexity index is 639. The zero-order chi connectivity index (χ0) is 25.3. The van der Waals surface area contributed by atoms with Crippen molar-refractivity contribution in [2.75, 3.05) is 19.8 Å². The minimum absolute atomic E-state index is 0.616. The molecule has 0 bridgehead atoms. The van der Waals surface area contributed by atoms with E-state index < -0.39 is 112 Å². The van der Waals surface area contributed by atoms with Crippen molar-refractivity contribution in [2.24, 2.45) is 0 Å². The van der Waals surface area contributed by atoms with Gasteiger partial charge in [0.25, 0.3) is 0 Å². The summed E-state index contributed by atoms with van der Waals surface area (Å²) in [4.78, 5) is 0. The summed E-state index contributed by atoms with van der Waals surface area (Å²) in [6, 6.07) is 0. The quantitative estimate of drug-likeness (QED) is 0.154. The monoisotopic (exact) mass is 504 g/mol. The zero-order valence-electron chi connectivity index (χ0n) is 17.7. The Hall–Kier alpha value is -0.640. The van der Waals surface area contributed by atoms with Gasteiger partial charge >= 0.3 is 0 Å². The van der Waals surface area contributed by atoms with E-state index in [1.54, 1.807) is 0 Å². The highest BCUT2D eigenvalue weighted by Gasteiger charge is 2.51. The van der Waals surface area contributed by atoms with Crippen LogP contribution >= 0.6 is 0 Å². The minimum Gasteiger partial charge on any atom is -0.394 e. The normalized spacial score (nSPS) is 52.5. The van der Waals surface area contributed by atoms with Gasteiger partial charge in [-0.25, -0.2) is 0 Å². The first-order valence-electron chi connectivity index (χ1n) is 10.6. The highest BCUT2D eigenvalue weighted by molar-refractivity contribution is 4.94. The van der Waals surface area contributed by atoms with Crippen molar-refractivity contribution in [3.63, 3.8) is 0 Å². The molecular weight excluding hydrogens is 472 g/mol. The predicted molar refractivity (Wildman–Crippen MR) is 101 cm³/mol. The fraction of sp³-hybridized carbons (Fsp3) is 1.00. The first kappa shape index (κ1) is 27.9. The van der Waals surface area contributed by atoms with E-state index in [-0.39, 0.29) is 0 Å². The largest absolute Gasteiger partial charge is 0.394 e. The van der Waals surface area contributed by atoms with Crippen LogP contribution in [0.4, 0.5) is 0 Å². The van der Waals surface area contributed by atoms with Gasteiger partial charge in [-0.1, -0.05) is 0 Å². The lowest BCUT2D eigenvalue weighted by atomic mass is 9.97. The third kappa shape index (κ3) is 5.52. The average molecular weight is 504 g/mol. The van der Waals surface area contributed by atoms with Gasteiger partial charge in [0.2, 0.25) is 0 Å². The summed E-state index contributed by atoms with van der Waals surface area (Å²) in [5.41, 5.74) is 0. The van der Waals surface area contributed by atoms with Gasteiger partial charge < -0.3 is 79.9 Å². The van der Waals surface area contributed by atoms with Crippen LogP contribution in [0.15, 0.2) is 0 Å². The van der Waals surface area contributed by atoms with Crippen molar-refractivity contribution < 1.29 is 79.9 Å². The van der Waals surface area contributed by atoms with Crippen LogP contribution < -0.4 is 0 Å². The van der Waals surface area contributed by atoms with E-state index in [0.29, 0.717) is 0 Å². The van der Waals surface area contributed by atoms with E-state index in [1.165, 1.54) is 0 Å². The Labute approximate surface area is 192 Å². The maximum Gasteiger partial charge on any atom is 0.187 e. The van der Waals surface area contributed by atoms with E-state index in [2.05, 4.69) is 0 Å². The van der Waals surface area contributed by atoms with Gasteiger partial charge in [-0.3, -0.25) is 0 Å². The van der Waals surface area contributed by atoms with Crippen molar-refractivity contribution in [2.45, 2.75) is 92.1 Å². The Morgan fingerprint density at radius 2 is 0.971 bits per heavy atom. The first-order valence-corrected chi connectivity index (χ1v) is 10.6. The second-order valence-corrected chi connectivity index (χ2v) is 8.37. The first-order chi connectivity index (χ1) is 16.0. The molecule has 0 spiro atoms. The molecule has 34 heavy (non-hydrogen) atoms. The molecule has 200 valence electrons. The standard InChI is InChI=1S/C18H32O16/c19-1-4-8(22)12(26)15(16(29)31-4)34-18-14(28)11(25)9(23)6(33-18)3-30-17-13(27)10(24)7(21)5(2-20)32-17/h4-29H,1-3H2/t4-,5-,6-,7-,8-,9-,10+,11+,12+,13-,14-,15-,16?,17+,18-/m1/s1. The summed E-state index contributed by atoms with van der Waals surface area (Å²) in [6.45, 7) is -2.03. The van der Waals surface area contributed by atoms with Gasteiger partial charge in [0.15, 0.2) is 18.9 Å². The molecule has 0 aromatic carbocycles. The van der Waals surface area contributed by atoms with Gasteiger partial charge in [0, 0.05) is 0 Å². The average Bonchev–Trinajstić information content (AvgIpc) is 2.82. The van der Waals surface area contributed by atoms with E-state index >= 15 is 0 Å². The van der Waals surface area contributed by atoms with Crippen molar-refractivity contribution in [3.05, 3.63) is 0 Å². The second-order valence-electron chi connectivity index (χ2n) is 8.37. The molecule has 3 rings (SSSR count). The molecule has 1 unspecified atom stereocenters. The molecule has 0 aromatic rings. The van der Waals surface area contributed by atoms with Crippen LogP contribution in [0.2, 0.25) is 0 Å². The molecule has 16 nitrogen and oxygen atoms in total. The lowest BCUT2D eigenvalue weighted by molar-refractivity contribution is -0.367. The summed E-state index contributed by atoms with van der Waals surface area (Å²) in [5.74, 6) is 0. The fourth-order valence-corrected chi connectivity index (χ4v) is 3.94. The van der Waals surface area contributed by atoms with E-state index in [9.17, 15) is 51.1 Å². The van der Waals surface area contributed by atoms with Gasteiger partial charge in [0.1, 0.15) is 73.2 Å². The number of ether oxygens (including phenoxy) is 5. The van der Waals surface area contributed by atoms with Gasteiger partial charge in [-0.05, 0) is 0 Å². The van der Waals surface area contributed by atoms with Crippen LogP contribution in [0.1, 0.15) is 0 Å². The van der Waals surface area contributed by atoms with E-state index in [1.807, 2.05) is 0 Å². The smallest absolute Gasteiger partial charge is 0.187 e. The number of rotatable bonds is 7. The molecular formula is C18H32O16. The summed E-state index contributed by atoms with van der Waals surface area (Å²) in [7, 11) is 0. The van der Waals surface area contributed by atoms with E-state index in [0.717, 1.165) is 0 Å². The van der Waals surface area contributed by atoms with E-state index in [4.69, 9.17) is 28.8 Å². The number of aliphatic hydroxyl groups is 11. The molecule has 11 N–H and O–H groups in total. The Kier molecular flexibility index (Phi) is 9.54. The molecule has 3 aliphatic rings. The molecule has 16 heteroatoms. The molecule has 0 radical (unpaired) electrons. The molecule has 0 aliphatic carbocycles. The maximum atomic E-state index is 10.2. The van der Waals surface area contributed by atoms with Crippen molar-refractivity contribution >= 4 is 0 Å². The lowest BCUT2D eigenvalue weighted by Gasteiger charge is -2.45. The number of hydrogen-bond acceptors (Lipinski definition) is 16. The summed E-state index contributed by atoms with van der Waals surface area (Å²) in [6.07, 6.45) is -25.0. The SMILES string of the molecule is OC[C@H]1O[C@H](OC[C@H]2O[C@H](O[C@H]3C(O)O[C@H](CO)[C@@H](O)[C@@H]3O)[C@H](O)[C@@H](O)[C@@H]2O)[C@H](O)[C@@H](O)[C@@H]1O.